The van der Waals surface area contributed by atoms with Gasteiger partial charge in [-0.05, 0) is 24.6 Å². The molecule has 0 saturated carbocycles. The molecular formula is C19H17ClN4O. The van der Waals surface area contributed by atoms with E-state index in [0.717, 1.165) is 11.3 Å². The van der Waals surface area contributed by atoms with Crippen molar-refractivity contribution in [3.63, 3.8) is 0 Å². The number of hydrogen-bond donors (Lipinski definition) is 1. The lowest BCUT2D eigenvalue weighted by Gasteiger charge is -2.03. The Labute approximate surface area is 150 Å². The van der Waals surface area contributed by atoms with Crippen molar-refractivity contribution in [1.29, 1.82) is 0 Å². The van der Waals surface area contributed by atoms with E-state index in [4.69, 9.17) is 11.6 Å². The molecule has 3 rings (SSSR count). The molecule has 1 N–H and O–H groups in total. The van der Waals surface area contributed by atoms with Crippen LogP contribution in [-0.2, 0) is 6.54 Å². The molecule has 0 radical (unpaired) electrons. The molecule has 0 spiro atoms. The number of benzene rings is 2. The maximum atomic E-state index is 12.0. The number of nitrogens with zero attached hydrogens (tertiary/aromatic N) is 3. The molecule has 0 atom stereocenters. The maximum absolute atomic E-state index is 12.0. The number of amides is 1. The summed E-state index contributed by atoms with van der Waals surface area (Å²) in [6.07, 6.45) is 1.52. The molecule has 0 bridgehead atoms. The summed E-state index contributed by atoms with van der Waals surface area (Å²) in [4.78, 5) is 12.0. The second-order valence-corrected chi connectivity index (χ2v) is 5.86. The molecule has 2 aromatic carbocycles. The number of rotatable bonds is 5. The van der Waals surface area contributed by atoms with Gasteiger partial charge in [0.05, 0.1) is 24.0 Å². The number of hydrazone groups is 1. The number of aromatic nitrogens is 2. The maximum Gasteiger partial charge on any atom is 0.271 e. The molecule has 0 aliphatic heterocycles. The minimum atomic E-state index is -0.276. The number of carbonyl (C=O) groups excluding carboxylic acids is 1. The highest BCUT2D eigenvalue weighted by molar-refractivity contribution is 6.32. The van der Waals surface area contributed by atoms with Crippen LogP contribution in [0, 0.1) is 6.92 Å². The largest absolute Gasteiger partial charge is 0.271 e. The van der Waals surface area contributed by atoms with Crippen molar-refractivity contribution in [3.05, 3.63) is 88.2 Å². The lowest BCUT2D eigenvalue weighted by atomic mass is 10.2. The molecule has 1 heterocycles. The van der Waals surface area contributed by atoms with Gasteiger partial charge in [0.25, 0.3) is 5.91 Å². The van der Waals surface area contributed by atoms with E-state index in [1.165, 1.54) is 6.21 Å². The number of hydrogen-bond acceptors (Lipinski definition) is 3. The van der Waals surface area contributed by atoms with Crippen molar-refractivity contribution in [2.24, 2.45) is 5.10 Å². The van der Waals surface area contributed by atoms with Crippen LogP contribution in [0.15, 0.2) is 65.8 Å². The number of halogens is 1. The number of aryl methyl sites for hydroxylation is 1. The Morgan fingerprint density at radius 3 is 2.48 bits per heavy atom. The van der Waals surface area contributed by atoms with Crippen molar-refractivity contribution >= 4 is 23.7 Å². The first-order chi connectivity index (χ1) is 12.1. The average molecular weight is 353 g/mol. The summed E-state index contributed by atoms with van der Waals surface area (Å²) < 4.78 is 1.71. The van der Waals surface area contributed by atoms with Crippen LogP contribution in [0.2, 0.25) is 5.15 Å². The van der Waals surface area contributed by atoms with E-state index in [9.17, 15) is 4.79 Å². The highest BCUT2D eigenvalue weighted by atomic mass is 35.5. The Kier molecular flexibility index (Phi) is 5.26. The highest BCUT2D eigenvalue weighted by Crippen LogP contribution is 2.19. The van der Waals surface area contributed by atoms with Gasteiger partial charge in [0, 0.05) is 5.56 Å². The third kappa shape index (κ3) is 4.14. The van der Waals surface area contributed by atoms with Gasteiger partial charge in [0.15, 0.2) is 0 Å². The second kappa shape index (κ2) is 7.77. The van der Waals surface area contributed by atoms with Crippen LogP contribution in [0.25, 0.3) is 0 Å². The Morgan fingerprint density at radius 2 is 1.80 bits per heavy atom. The van der Waals surface area contributed by atoms with E-state index in [0.29, 0.717) is 22.8 Å². The van der Waals surface area contributed by atoms with Gasteiger partial charge in [-0.2, -0.15) is 10.2 Å². The standard InChI is InChI=1S/C19H17ClN4O/c1-14-17(12-21-22-19(25)16-10-6-3-7-11-16)18(20)24(23-14)13-15-8-4-2-5-9-15/h2-12H,13H2,1H3,(H,22,25)/b21-12-. The van der Waals surface area contributed by atoms with Crippen LogP contribution >= 0.6 is 11.6 Å². The van der Waals surface area contributed by atoms with E-state index in [1.807, 2.05) is 43.3 Å². The molecule has 25 heavy (non-hydrogen) atoms. The van der Waals surface area contributed by atoms with Crippen molar-refractivity contribution < 1.29 is 4.79 Å². The Bertz CT molecular complexity index is 889. The molecule has 1 aromatic heterocycles. The van der Waals surface area contributed by atoms with Crippen LogP contribution in [-0.4, -0.2) is 21.9 Å². The first-order valence-electron chi connectivity index (χ1n) is 7.80. The molecule has 0 saturated heterocycles. The zero-order valence-corrected chi connectivity index (χ0v) is 14.4. The normalized spacial score (nSPS) is 11.0. The first kappa shape index (κ1) is 16.9. The number of nitrogens with one attached hydrogen (secondary N) is 1. The summed E-state index contributed by atoms with van der Waals surface area (Å²) >= 11 is 6.41. The summed E-state index contributed by atoms with van der Waals surface area (Å²) in [6, 6.07) is 18.8. The fraction of sp³-hybridized carbons (Fsp3) is 0.105. The summed E-state index contributed by atoms with van der Waals surface area (Å²) in [7, 11) is 0. The van der Waals surface area contributed by atoms with E-state index in [1.54, 1.807) is 28.9 Å². The summed E-state index contributed by atoms with van der Waals surface area (Å²) in [5, 5.41) is 8.93. The van der Waals surface area contributed by atoms with Crippen molar-refractivity contribution in [3.8, 4) is 0 Å². The second-order valence-electron chi connectivity index (χ2n) is 5.50. The van der Waals surface area contributed by atoms with Gasteiger partial charge in [0.2, 0.25) is 0 Å². The zero-order chi connectivity index (χ0) is 17.6. The highest BCUT2D eigenvalue weighted by Gasteiger charge is 2.12. The molecular weight excluding hydrogens is 336 g/mol. The monoisotopic (exact) mass is 352 g/mol. The fourth-order valence-corrected chi connectivity index (χ4v) is 2.67. The quantitative estimate of drug-likeness (QED) is 0.562. The molecule has 3 aromatic rings. The van der Waals surface area contributed by atoms with Gasteiger partial charge in [-0.3, -0.25) is 4.79 Å². The fourth-order valence-electron chi connectivity index (χ4n) is 2.38. The van der Waals surface area contributed by atoms with Crippen LogP contribution in [0.1, 0.15) is 27.2 Å². The van der Waals surface area contributed by atoms with Crippen LogP contribution < -0.4 is 5.43 Å². The molecule has 0 aliphatic carbocycles. The SMILES string of the molecule is Cc1nn(Cc2ccccc2)c(Cl)c1/C=N\NC(=O)c1ccccc1. The molecule has 5 nitrogen and oxygen atoms in total. The van der Waals surface area contributed by atoms with Crippen LogP contribution in [0.5, 0.6) is 0 Å². The lowest BCUT2D eigenvalue weighted by Crippen LogP contribution is -2.17. The Morgan fingerprint density at radius 1 is 1.16 bits per heavy atom. The van der Waals surface area contributed by atoms with Crippen molar-refractivity contribution in [2.75, 3.05) is 0 Å². The van der Waals surface area contributed by atoms with E-state index in [-0.39, 0.29) is 5.91 Å². The van der Waals surface area contributed by atoms with E-state index in [2.05, 4.69) is 15.6 Å². The third-order valence-corrected chi connectivity index (χ3v) is 4.08. The topological polar surface area (TPSA) is 59.3 Å². The van der Waals surface area contributed by atoms with Gasteiger partial charge in [-0.15, -0.1) is 0 Å². The summed E-state index contributed by atoms with van der Waals surface area (Å²) in [5.74, 6) is -0.276. The van der Waals surface area contributed by atoms with Crippen LogP contribution in [0.3, 0.4) is 0 Å². The van der Waals surface area contributed by atoms with E-state index >= 15 is 0 Å². The van der Waals surface area contributed by atoms with Gasteiger partial charge >= 0.3 is 0 Å². The Balaban J connectivity index is 1.71. The summed E-state index contributed by atoms with van der Waals surface area (Å²) in [5.41, 5.74) is 5.58. The number of carbonyl (C=O) groups is 1. The molecule has 0 unspecified atom stereocenters. The van der Waals surface area contributed by atoms with Gasteiger partial charge in [0.1, 0.15) is 5.15 Å². The van der Waals surface area contributed by atoms with Crippen LogP contribution in [0.4, 0.5) is 0 Å². The molecule has 1 amide bonds. The minimum absolute atomic E-state index is 0.276. The average Bonchev–Trinajstić information content (AvgIpc) is 2.90. The predicted molar refractivity (Wildman–Crippen MR) is 99.0 cm³/mol. The van der Waals surface area contributed by atoms with Gasteiger partial charge in [-0.25, -0.2) is 10.1 Å². The zero-order valence-electron chi connectivity index (χ0n) is 13.7. The predicted octanol–water partition coefficient (Wildman–Crippen LogP) is 3.66. The third-order valence-electron chi connectivity index (χ3n) is 3.68. The molecule has 0 fully saturated rings. The van der Waals surface area contributed by atoms with Crippen molar-refractivity contribution in [2.45, 2.75) is 13.5 Å². The molecule has 126 valence electrons. The first-order valence-corrected chi connectivity index (χ1v) is 8.18. The molecule has 0 aliphatic rings. The lowest BCUT2D eigenvalue weighted by molar-refractivity contribution is 0.0955. The smallest absolute Gasteiger partial charge is 0.267 e. The van der Waals surface area contributed by atoms with Crippen molar-refractivity contribution in [1.82, 2.24) is 15.2 Å². The van der Waals surface area contributed by atoms with Gasteiger partial charge in [-0.1, -0.05) is 60.1 Å². The van der Waals surface area contributed by atoms with Gasteiger partial charge < -0.3 is 0 Å². The Hall–Kier alpha value is -2.92. The molecule has 6 heteroatoms. The summed E-state index contributed by atoms with van der Waals surface area (Å²) in [6.45, 7) is 2.43. The minimum Gasteiger partial charge on any atom is -0.267 e. The van der Waals surface area contributed by atoms with E-state index < -0.39 is 0 Å².